The highest BCUT2D eigenvalue weighted by Crippen LogP contribution is 2.51. The summed E-state index contributed by atoms with van der Waals surface area (Å²) in [6.07, 6.45) is 5.35. The third-order valence-corrected chi connectivity index (χ3v) is 4.09. The first kappa shape index (κ1) is 12.6. The van der Waals surface area contributed by atoms with Crippen LogP contribution in [0.5, 0.6) is 0 Å². The Morgan fingerprint density at radius 3 is 2.29 bits per heavy atom. The minimum absolute atomic E-state index is 0.524. The summed E-state index contributed by atoms with van der Waals surface area (Å²) in [5, 5.41) is 0. The summed E-state index contributed by atoms with van der Waals surface area (Å²) in [4.78, 5) is 2.47. The van der Waals surface area contributed by atoms with Crippen molar-refractivity contribution < 1.29 is 0 Å². The van der Waals surface area contributed by atoms with E-state index in [1.807, 2.05) is 0 Å². The summed E-state index contributed by atoms with van der Waals surface area (Å²) >= 11 is 0. The normalized spacial score (nSPS) is 17.4. The van der Waals surface area contributed by atoms with Crippen molar-refractivity contribution in [1.29, 1.82) is 0 Å². The second-order valence-electron chi connectivity index (χ2n) is 5.70. The standard InChI is InChI=1S/C16H25N/c1-4-12-17(3)13-11-16(9-10-16)15-7-5-14(2)6-8-15/h5-8H,4,9-13H2,1-3H3. The first-order valence-corrected chi connectivity index (χ1v) is 6.92. The van der Waals surface area contributed by atoms with Crippen LogP contribution in [0, 0.1) is 6.92 Å². The van der Waals surface area contributed by atoms with Gasteiger partial charge in [0.2, 0.25) is 0 Å². The lowest BCUT2D eigenvalue weighted by Crippen LogP contribution is -2.24. The Labute approximate surface area is 106 Å². The molecule has 1 aliphatic carbocycles. The van der Waals surface area contributed by atoms with Crippen molar-refractivity contribution in [3.8, 4) is 0 Å². The average Bonchev–Trinajstić information content (AvgIpc) is 3.09. The predicted molar refractivity (Wildman–Crippen MR) is 74.5 cm³/mol. The van der Waals surface area contributed by atoms with Crippen molar-refractivity contribution in [3.63, 3.8) is 0 Å². The first-order chi connectivity index (χ1) is 8.16. The molecule has 1 heteroatoms. The maximum absolute atomic E-state index is 2.47. The Morgan fingerprint density at radius 1 is 1.12 bits per heavy atom. The van der Waals surface area contributed by atoms with Gasteiger partial charge in [0.25, 0.3) is 0 Å². The molecule has 94 valence electrons. The van der Waals surface area contributed by atoms with Crippen LogP contribution in [0.2, 0.25) is 0 Å². The molecule has 0 atom stereocenters. The topological polar surface area (TPSA) is 3.24 Å². The lowest BCUT2D eigenvalue weighted by Gasteiger charge is -2.21. The second kappa shape index (κ2) is 5.22. The third kappa shape index (κ3) is 3.10. The van der Waals surface area contributed by atoms with Crippen molar-refractivity contribution >= 4 is 0 Å². The van der Waals surface area contributed by atoms with Gasteiger partial charge in [-0.15, -0.1) is 0 Å². The minimum Gasteiger partial charge on any atom is -0.306 e. The van der Waals surface area contributed by atoms with Crippen LogP contribution in [-0.2, 0) is 5.41 Å². The molecule has 1 saturated carbocycles. The van der Waals surface area contributed by atoms with Gasteiger partial charge in [-0.2, -0.15) is 0 Å². The zero-order chi connectivity index (χ0) is 12.3. The second-order valence-corrected chi connectivity index (χ2v) is 5.70. The zero-order valence-corrected chi connectivity index (χ0v) is 11.5. The van der Waals surface area contributed by atoms with E-state index < -0.39 is 0 Å². The number of rotatable bonds is 6. The summed E-state index contributed by atoms with van der Waals surface area (Å²) < 4.78 is 0. The van der Waals surface area contributed by atoms with Crippen molar-refractivity contribution in [2.24, 2.45) is 0 Å². The van der Waals surface area contributed by atoms with Crippen LogP contribution < -0.4 is 0 Å². The van der Waals surface area contributed by atoms with Crippen LogP contribution in [0.15, 0.2) is 24.3 Å². The quantitative estimate of drug-likeness (QED) is 0.720. The molecule has 0 amide bonds. The Morgan fingerprint density at radius 2 is 1.76 bits per heavy atom. The molecule has 0 radical (unpaired) electrons. The molecule has 2 rings (SSSR count). The van der Waals surface area contributed by atoms with Crippen LogP contribution in [0.3, 0.4) is 0 Å². The summed E-state index contributed by atoms with van der Waals surface area (Å²) in [5.41, 5.74) is 3.45. The molecule has 0 N–H and O–H groups in total. The van der Waals surface area contributed by atoms with Crippen molar-refractivity contribution in [3.05, 3.63) is 35.4 Å². The Balaban J connectivity index is 1.93. The fourth-order valence-electron chi connectivity index (χ4n) is 2.64. The van der Waals surface area contributed by atoms with Gasteiger partial charge in [-0.05, 0) is 63.7 Å². The number of hydrogen-bond donors (Lipinski definition) is 0. The maximum Gasteiger partial charge on any atom is -0.00133 e. The van der Waals surface area contributed by atoms with Gasteiger partial charge in [0.05, 0.1) is 0 Å². The van der Waals surface area contributed by atoms with Gasteiger partial charge in [-0.1, -0.05) is 36.8 Å². The van der Waals surface area contributed by atoms with Crippen LogP contribution in [0.1, 0.15) is 43.7 Å². The molecule has 0 bridgehead atoms. The smallest absolute Gasteiger partial charge is 0.00133 e. The molecule has 1 aromatic rings. The van der Waals surface area contributed by atoms with E-state index in [2.05, 4.69) is 50.1 Å². The number of aryl methyl sites for hydroxylation is 1. The highest BCUT2D eigenvalue weighted by molar-refractivity contribution is 5.33. The van der Waals surface area contributed by atoms with E-state index in [0.717, 1.165) is 0 Å². The Hall–Kier alpha value is -0.820. The highest BCUT2D eigenvalue weighted by Gasteiger charge is 2.43. The summed E-state index contributed by atoms with van der Waals surface area (Å²) in [6.45, 7) is 6.88. The van der Waals surface area contributed by atoms with E-state index in [1.165, 1.54) is 44.3 Å². The van der Waals surface area contributed by atoms with Gasteiger partial charge in [0, 0.05) is 0 Å². The monoisotopic (exact) mass is 231 g/mol. The van der Waals surface area contributed by atoms with E-state index in [9.17, 15) is 0 Å². The molecule has 1 fully saturated rings. The largest absolute Gasteiger partial charge is 0.306 e. The van der Waals surface area contributed by atoms with E-state index in [-0.39, 0.29) is 0 Å². The van der Waals surface area contributed by atoms with E-state index in [0.29, 0.717) is 5.41 Å². The fraction of sp³-hybridized carbons (Fsp3) is 0.625. The van der Waals surface area contributed by atoms with Crippen molar-refractivity contribution in [1.82, 2.24) is 4.90 Å². The number of hydrogen-bond acceptors (Lipinski definition) is 1. The van der Waals surface area contributed by atoms with Crippen LogP contribution in [0.25, 0.3) is 0 Å². The Bertz CT molecular complexity index is 348. The fourth-order valence-corrected chi connectivity index (χ4v) is 2.64. The summed E-state index contributed by atoms with van der Waals surface area (Å²) in [6, 6.07) is 9.18. The molecular formula is C16H25N. The molecular weight excluding hydrogens is 206 g/mol. The number of benzene rings is 1. The highest BCUT2D eigenvalue weighted by atomic mass is 15.1. The van der Waals surface area contributed by atoms with Crippen LogP contribution in [0.4, 0.5) is 0 Å². The molecule has 0 saturated heterocycles. The Kier molecular flexibility index (Phi) is 3.88. The molecule has 1 aliphatic rings. The van der Waals surface area contributed by atoms with E-state index >= 15 is 0 Å². The number of nitrogens with zero attached hydrogens (tertiary/aromatic N) is 1. The molecule has 0 unspecified atom stereocenters. The molecule has 1 aromatic carbocycles. The molecule has 0 spiro atoms. The molecule has 0 aliphatic heterocycles. The van der Waals surface area contributed by atoms with Gasteiger partial charge in [0.15, 0.2) is 0 Å². The maximum atomic E-state index is 2.47. The SMILES string of the molecule is CCCN(C)CCC1(c2ccc(C)cc2)CC1. The first-order valence-electron chi connectivity index (χ1n) is 6.92. The average molecular weight is 231 g/mol. The molecule has 1 nitrogen and oxygen atoms in total. The van der Waals surface area contributed by atoms with Gasteiger partial charge < -0.3 is 4.90 Å². The van der Waals surface area contributed by atoms with Gasteiger partial charge >= 0.3 is 0 Å². The summed E-state index contributed by atoms with van der Waals surface area (Å²) in [7, 11) is 2.24. The van der Waals surface area contributed by atoms with Crippen molar-refractivity contribution in [2.45, 2.75) is 44.9 Å². The van der Waals surface area contributed by atoms with E-state index in [1.54, 1.807) is 5.56 Å². The molecule has 0 heterocycles. The molecule has 17 heavy (non-hydrogen) atoms. The predicted octanol–water partition coefficient (Wildman–Crippen LogP) is 3.76. The third-order valence-electron chi connectivity index (χ3n) is 4.09. The minimum atomic E-state index is 0.524. The lowest BCUT2D eigenvalue weighted by molar-refractivity contribution is 0.314. The van der Waals surface area contributed by atoms with Gasteiger partial charge in [-0.25, -0.2) is 0 Å². The zero-order valence-electron chi connectivity index (χ0n) is 11.5. The van der Waals surface area contributed by atoms with Gasteiger partial charge in [0.1, 0.15) is 0 Å². The van der Waals surface area contributed by atoms with Gasteiger partial charge in [-0.3, -0.25) is 0 Å². The molecule has 0 aromatic heterocycles. The lowest BCUT2D eigenvalue weighted by atomic mass is 9.91. The summed E-state index contributed by atoms with van der Waals surface area (Å²) in [5.74, 6) is 0. The van der Waals surface area contributed by atoms with E-state index in [4.69, 9.17) is 0 Å². The van der Waals surface area contributed by atoms with Crippen LogP contribution >= 0.6 is 0 Å². The van der Waals surface area contributed by atoms with Crippen molar-refractivity contribution in [2.75, 3.05) is 20.1 Å². The van der Waals surface area contributed by atoms with Crippen LogP contribution in [-0.4, -0.2) is 25.0 Å².